The van der Waals surface area contributed by atoms with Gasteiger partial charge in [-0.15, -0.1) is 0 Å². The lowest BCUT2D eigenvalue weighted by Gasteiger charge is -2.12. The number of benzene rings is 3. The molecule has 0 spiro atoms. The molecule has 3 aromatic carbocycles. The van der Waals surface area contributed by atoms with E-state index in [4.69, 9.17) is 9.47 Å². The van der Waals surface area contributed by atoms with E-state index in [1.807, 2.05) is 74.5 Å². The van der Waals surface area contributed by atoms with E-state index in [1.165, 1.54) is 0 Å². The van der Waals surface area contributed by atoms with Crippen molar-refractivity contribution in [1.82, 2.24) is 0 Å². The Labute approximate surface area is 155 Å². The highest BCUT2D eigenvalue weighted by atomic mass is 16.5. The molecule has 0 aliphatic rings. The average molecular weight is 348 g/mol. The number of hydrogen-bond acceptors (Lipinski definition) is 3. The van der Waals surface area contributed by atoms with Gasteiger partial charge < -0.3 is 9.47 Å². The summed E-state index contributed by atoms with van der Waals surface area (Å²) in [5.41, 5.74) is 2.65. The number of aldehydes is 1. The zero-order chi connectivity index (χ0) is 18.6. The predicted molar refractivity (Wildman–Crippen MR) is 105 cm³/mol. The minimum absolute atomic E-state index is 0.407. The van der Waals surface area contributed by atoms with Crippen LogP contribution < -0.4 is 9.47 Å². The number of rotatable bonds is 7. The second-order valence-corrected chi connectivity index (χ2v) is 5.37. The highest BCUT2D eigenvalue weighted by molar-refractivity contribution is 5.79. The van der Waals surface area contributed by atoms with E-state index in [-0.39, 0.29) is 0 Å². The van der Waals surface area contributed by atoms with Gasteiger partial charge in [0, 0.05) is 6.07 Å². The molecule has 0 saturated heterocycles. The van der Waals surface area contributed by atoms with Crippen LogP contribution in [0.15, 0.2) is 78.9 Å². The van der Waals surface area contributed by atoms with E-state index in [1.54, 1.807) is 18.2 Å². The van der Waals surface area contributed by atoms with Crippen molar-refractivity contribution in [2.24, 2.45) is 0 Å². The highest BCUT2D eigenvalue weighted by Crippen LogP contribution is 2.25. The summed E-state index contributed by atoms with van der Waals surface area (Å²) in [4.78, 5) is 11.2. The molecule has 3 heteroatoms. The molecular formula is C23H24O3. The minimum atomic E-state index is 0.407. The molecule has 0 aromatic heterocycles. The van der Waals surface area contributed by atoms with Gasteiger partial charge in [-0.3, -0.25) is 4.79 Å². The summed E-state index contributed by atoms with van der Waals surface area (Å²) in [6.45, 7) is 4.88. The third kappa shape index (κ3) is 5.78. The van der Waals surface area contributed by atoms with Crippen molar-refractivity contribution in [2.75, 3.05) is 0 Å². The Bertz CT molecular complexity index is 783. The first kappa shape index (κ1) is 19.3. The number of ether oxygens (including phenoxy) is 2. The predicted octanol–water partition coefficient (Wildman–Crippen LogP) is 5.68. The highest BCUT2D eigenvalue weighted by Gasteiger charge is 2.06. The fourth-order valence-corrected chi connectivity index (χ4v) is 2.30. The topological polar surface area (TPSA) is 35.5 Å². The monoisotopic (exact) mass is 348 g/mol. The van der Waals surface area contributed by atoms with Crippen LogP contribution >= 0.6 is 0 Å². The average Bonchev–Trinajstić information content (AvgIpc) is 2.74. The summed E-state index contributed by atoms with van der Waals surface area (Å²) < 4.78 is 11.6. The molecule has 0 N–H and O–H groups in total. The Balaban J connectivity index is 0.00000117. The third-order valence-electron chi connectivity index (χ3n) is 3.60. The van der Waals surface area contributed by atoms with E-state index in [0.717, 1.165) is 17.4 Å². The van der Waals surface area contributed by atoms with Crippen molar-refractivity contribution in [1.29, 1.82) is 0 Å². The van der Waals surface area contributed by atoms with Crippen molar-refractivity contribution >= 4 is 6.29 Å². The lowest BCUT2D eigenvalue weighted by molar-refractivity contribution is 0.111. The van der Waals surface area contributed by atoms with Crippen LogP contribution in [-0.2, 0) is 13.2 Å². The van der Waals surface area contributed by atoms with Gasteiger partial charge in [-0.25, -0.2) is 0 Å². The van der Waals surface area contributed by atoms with E-state index in [9.17, 15) is 4.79 Å². The van der Waals surface area contributed by atoms with E-state index in [0.29, 0.717) is 30.3 Å². The lowest BCUT2D eigenvalue weighted by Crippen LogP contribution is -2.00. The second-order valence-electron chi connectivity index (χ2n) is 5.37. The fourth-order valence-electron chi connectivity index (χ4n) is 2.30. The van der Waals surface area contributed by atoms with Crippen LogP contribution in [0.2, 0.25) is 0 Å². The number of hydrogen-bond donors (Lipinski definition) is 0. The van der Waals surface area contributed by atoms with Crippen LogP contribution in [0.1, 0.15) is 35.3 Å². The maximum atomic E-state index is 11.2. The van der Waals surface area contributed by atoms with Crippen molar-refractivity contribution in [3.05, 3.63) is 95.6 Å². The Morgan fingerprint density at radius 2 is 1.27 bits per heavy atom. The van der Waals surface area contributed by atoms with E-state index in [2.05, 4.69) is 0 Å². The summed E-state index contributed by atoms with van der Waals surface area (Å²) in [5.74, 6) is 1.20. The van der Waals surface area contributed by atoms with Crippen molar-refractivity contribution in [3.63, 3.8) is 0 Å². The second kappa shape index (κ2) is 10.7. The Morgan fingerprint density at radius 3 is 1.81 bits per heavy atom. The molecule has 0 fully saturated rings. The first-order valence-corrected chi connectivity index (χ1v) is 8.78. The maximum Gasteiger partial charge on any atom is 0.153 e. The molecule has 26 heavy (non-hydrogen) atoms. The Hall–Kier alpha value is -3.07. The first-order chi connectivity index (χ1) is 12.8. The van der Waals surface area contributed by atoms with Crippen LogP contribution in [0.25, 0.3) is 0 Å². The molecule has 0 aliphatic heterocycles. The molecule has 0 heterocycles. The normalized spacial score (nSPS) is 9.62. The molecule has 134 valence electrons. The summed E-state index contributed by atoms with van der Waals surface area (Å²) in [6, 6.07) is 25.0. The fraction of sp³-hybridized carbons (Fsp3) is 0.174. The van der Waals surface area contributed by atoms with Gasteiger partial charge in [0.1, 0.15) is 24.7 Å². The van der Waals surface area contributed by atoms with Gasteiger partial charge in [0.15, 0.2) is 6.29 Å². The molecule has 0 unspecified atom stereocenters. The molecule has 0 radical (unpaired) electrons. The van der Waals surface area contributed by atoms with Gasteiger partial charge in [-0.05, 0) is 23.3 Å². The molecule has 0 amide bonds. The van der Waals surface area contributed by atoms with Gasteiger partial charge in [0.05, 0.1) is 5.56 Å². The maximum absolute atomic E-state index is 11.2. The van der Waals surface area contributed by atoms with Crippen LogP contribution in [0.5, 0.6) is 11.5 Å². The summed E-state index contributed by atoms with van der Waals surface area (Å²) >= 11 is 0. The molecule has 3 rings (SSSR count). The Morgan fingerprint density at radius 1 is 0.731 bits per heavy atom. The van der Waals surface area contributed by atoms with Crippen molar-refractivity contribution in [3.8, 4) is 11.5 Å². The van der Waals surface area contributed by atoms with E-state index >= 15 is 0 Å². The zero-order valence-corrected chi connectivity index (χ0v) is 15.2. The summed E-state index contributed by atoms with van der Waals surface area (Å²) in [7, 11) is 0. The van der Waals surface area contributed by atoms with Crippen molar-refractivity contribution < 1.29 is 14.3 Å². The number of carbonyl (C=O) groups is 1. The van der Waals surface area contributed by atoms with E-state index < -0.39 is 0 Å². The van der Waals surface area contributed by atoms with Gasteiger partial charge in [0.2, 0.25) is 0 Å². The summed E-state index contributed by atoms with van der Waals surface area (Å²) in [6.07, 6.45) is 0.793. The lowest BCUT2D eigenvalue weighted by atomic mass is 10.2. The smallest absolute Gasteiger partial charge is 0.153 e. The molecule has 0 aliphatic carbocycles. The van der Waals surface area contributed by atoms with Crippen LogP contribution in [-0.4, -0.2) is 6.29 Å². The summed E-state index contributed by atoms with van der Waals surface area (Å²) in [5, 5.41) is 0. The molecule has 0 saturated carbocycles. The minimum Gasteiger partial charge on any atom is -0.489 e. The third-order valence-corrected chi connectivity index (χ3v) is 3.60. The van der Waals surface area contributed by atoms with Gasteiger partial charge >= 0.3 is 0 Å². The number of carbonyl (C=O) groups excluding carboxylic acids is 1. The van der Waals surface area contributed by atoms with Crippen LogP contribution in [0.3, 0.4) is 0 Å². The first-order valence-electron chi connectivity index (χ1n) is 8.78. The van der Waals surface area contributed by atoms with Gasteiger partial charge in [0.25, 0.3) is 0 Å². The molecular weight excluding hydrogens is 324 g/mol. The molecule has 3 nitrogen and oxygen atoms in total. The largest absolute Gasteiger partial charge is 0.489 e. The molecule has 0 atom stereocenters. The Kier molecular flexibility index (Phi) is 7.94. The standard InChI is InChI=1S/C21H18O3.C2H6/c22-14-19-11-12-20(23-15-17-7-3-1-4-8-17)13-21(19)24-16-18-9-5-2-6-10-18;1-2/h1-14H,15-16H2;1-2H3. The van der Waals surface area contributed by atoms with Crippen molar-refractivity contribution in [2.45, 2.75) is 27.1 Å². The zero-order valence-electron chi connectivity index (χ0n) is 15.2. The SMILES string of the molecule is CC.O=Cc1ccc(OCc2ccccc2)cc1OCc1ccccc1. The van der Waals surface area contributed by atoms with Crippen LogP contribution in [0.4, 0.5) is 0 Å². The van der Waals surface area contributed by atoms with Gasteiger partial charge in [-0.1, -0.05) is 74.5 Å². The molecule has 0 bridgehead atoms. The van der Waals surface area contributed by atoms with Gasteiger partial charge in [-0.2, -0.15) is 0 Å². The quantitative estimate of drug-likeness (QED) is 0.515. The van der Waals surface area contributed by atoms with Crippen LogP contribution in [0, 0.1) is 0 Å². The molecule has 3 aromatic rings.